The van der Waals surface area contributed by atoms with Gasteiger partial charge in [0.05, 0.1) is 24.5 Å². The van der Waals surface area contributed by atoms with Crippen LogP contribution in [0.2, 0.25) is 0 Å². The highest BCUT2D eigenvalue weighted by Gasteiger charge is 2.27. The highest BCUT2D eigenvalue weighted by molar-refractivity contribution is 5.77. The normalized spacial score (nSPS) is 21.7. The van der Waals surface area contributed by atoms with E-state index in [2.05, 4.69) is 54.7 Å². The summed E-state index contributed by atoms with van der Waals surface area (Å²) >= 11 is 0. The molecule has 0 aliphatic carbocycles. The molecular weight excluding hydrogens is 392 g/mol. The Morgan fingerprint density at radius 3 is 2.74 bits per heavy atom. The van der Waals surface area contributed by atoms with E-state index in [4.69, 9.17) is 9.47 Å². The lowest BCUT2D eigenvalue weighted by Crippen LogP contribution is -2.57. The molecule has 4 aliphatic rings. The second kappa shape index (κ2) is 8.11. The predicted molar refractivity (Wildman–Crippen MR) is 120 cm³/mol. The van der Waals surface area contributed by atoms with E-state index >= 15 is 0 Å². The molecule has 0 atom stereocenters. The number of nitrogens with zero attached hydrogens (tertiary/aromatic N) is 4. The van der Waals surface area contributed by atoms with Gasteiger partial charge >= 0.3 is 0 Å². The van der Waals surface area contributed by atoms with Gasteiger partial charge < -0.3 is 25.0 Å². The average molecular weight is 421 g/mol. The van der Waals surface area contributed by atoms with E-state index in [-0.39, 0.29) is 0 Å². The minimum Gasteiger partial charge on any atom is -0.486 e. The minimum absolute atomic E-state index is 0.454. The van der Waals surface area contributed by atoms with Gasteiger partial charge in [-0.05, 0) is 29.7 Å². The molecule has 0 bridgehead atoms. The molecule has 0 saturated carbocycles. The molecule has 0 amide bonds. The molecule has 1 aromatic heterocycles. The largest absolute Gasteiger partial charge is 0.486 e. The monoisotopic (exact) mass is 420 g/mol. The Hall–Kier alpha value is -2.68. The maximum atomic E-state index is 6.18. The Kier molecular flexibility index (Phi) is 4.98. The lowest BCUT2D eigenvalue weighted by molar-refractivity contribution is 0.122. The molecule has 5 heterocycles. The van der Waals surface area contributed by atoms with Crippen LogP contribution in [0.5, 0.6) is 5.75 Å². The standard InChI is InChI=1S/C23H28N6O2/c1-2-21-20(11-17(1)16-3-5-28(6-4-16)18-12-24-13-18)27-22-19(14-31-21)23(26-15-25-22)29-7-9-30-10-8-29/h1-3,11,15,18,24H,4-10,12-14H2,(H,25,26,27). The lowest BCUT2D eigenvalue weighted by atomic mass is 9.97. The molecule has 8 nitrogen and oxygen atoms in total. The zero-order valence-corrected chi connectivity index (χ0v) is 17.6. The summed E-state index contributed by atoms with van der Waals surface area (Å²) in [6.45, 7) is 7.97. The topological polar surface area (TPSA) is 74.8 Å². The molecule has 8 heteroatoms. The van der Waals surface area contributed by atoms with Crippen LogP contribution in [0, 0.1) is 0 Å². The summed E-state index contributed by atoms with van der Waals surface area (Å²) in [5.74, 6) is 2.62. The number of anilines is 3. The van der Waals surface area contributed by atoms with Crippen molar-refractivity contribution in [3.05, 3.63) is 41.7 Å². The summed E-state index contributed by atoms with van der Waals surface area (Å²) in [4.78, 5) is 13.9. The van der Waals surface area contributed by atoms with E-state index in [0.29, 0.717) is 12.6 Å². The fraction of sp³-hybridized carbons (Fsp3) is 0.478. The van der Waals surface area contributed by atoms with E-state index in [1.165, 1.54) is 11.1 Å². The first-order chi connectivity index (χ1) is 15.3. The first-order valence-corrected chi connectivity index (χ1v) is 11.2. The Balaban J connectivity index is 1.25. The smallest absolute Gasteiger partial charge is 0.143 e. The third kappa shape index (κ3) is 3.64. The molecule has 0 radical (unpaired) electrons. The van der Waals surface area contributed by atoms with E-state index in [1.807, 2.05) is 0 Å². The SMILES string of the molecule is C1=C(c2ccc3c(c2)Nc2ncnc(N4CCOCC4)c2CO3)CCN(C2CNC2)C1. The molecule has 1 aromatic carbocycles. The van der Waals surface area contributed by atoms with Crippen LogP contribution in [0.4, 0.5) is 17.3 Å². The van der Waals surface area contributed by atoms with Crippen LogP contribution in [0.15, 0.2) is 30.6 Å². The number of aromatic nitrogens is 2. The molecule has 162 valence electrons. The van der Waals surface area contributed by atoms with Gasteiger partial charge in [0.1, 0.15) is 30.3 Å². The van der Waals surface area contributed by atoms with Crippen LogP contribution < -0.4 is 20.3 Å². The summed E-state index contributed by atoms with van der Waals surface area (Å²) in [5.41, 5.74) is 4.64. The third-order valence-corrected chi connectivity index (χ3v) is 6.73. The number of morpholine rings is 1. The summed E-state index contributed by atoms with van der Waals surface area (Å²) in [5, 5.41) is 6.90. The molecule has 0 unspecified atom stereocenters. The minimum atomic E-state index is 0.454. The van der Waals surface area contributed by atoms with Crippen LogP contribution in [0.25, 0.3) is 5.57 Å². The number of ether oxygens (including phenoxy) is 2. The number of benzene rings is 1. The second-order valence-electron chi connectivity index (χ2n) is 8.53. The Morgan fingerprint density at radius 1 is 1.06 bits per heavy atom. The van der Waals surface area contributed by atoms with Gasteiger partial charge in [-0.15, -0.1) is 0 Å². The van der Waals surface area contributed by atoms with Crippen LogP contribution in [0.3, 0.4) is 0 Å². The molecule has 0 spiro atoms. The molecule has 2 fully saturated rings. The number of hydrogen-bond donors (Lipinski definition) is 2. The van der Waals surface area contributed by atoms with Gasteiger partial charge in [-0.1, -0.05) is 12.1 Å². The van der Waals surface area contributed by atoms with Crippen molar-refractivity contribution in [1.29, 1.82) is 0 Å². The predicted octanol–water partition coefficient (Wildman–Crippen LogP) is 2.01. The second-order valence-corrected chi connectivity index (χ2v) is 8.53. The van der Waals surface area contributed by atoms with Crippen molar-refractivity contribution in [2.24, 2.45) is 0 Å². The Labute approximate surface area is 182 Å². The fourth-order valence-corrected chi connectivity index (χ4v) is 4.73. The summed E-state index contributed by atoms with van der Waals surface area (Å²) in [6, 6.07) is 7.16. The van der Waals surface area contributed by atoms with Crippen LogP contribution in [0.1, 0.15) is 17.5 Å². The van der Waals surface area contributed by atoms with Crippen molar-refractivity contribution in [1.82, 2.24) is 20.2 Å². The maximum absolute atomic E-state index is 6.18. The van der Waals surface area contributed by atoms with Gasteiger partial charge in [0.25, 0.3) is 0 Å². The quantitative estimate of drug-likeness (QED) is 0.781. The first-order valence-electron chi connectivity index (χ1n) is 11.2. The first kappa shape index (κ1) is 19.0. The highest BCUT2D eigenvalue weighted by Crippen LogP contribution is 2.38. The van der Waals surface area contributed by atoms with E-state index in [0.717, 1.165) is 87.5 Å². The zero-order chi connectivity index (χ0) is 20.6. The van der Waals surface area contributed by atoms with Crippen molar-refractivity contribution in [2.75, 3.05) is 62.7 Å². The average Bonchev–Trinajstić information content (AvgIpc) is 2.97. The molecule has 31 heavy (non-hydrogen) atoms. The van der Waals surface area contributed by atoms with Gasteiger partial charge in [-0.2, -0.15) is 0 Å². The summed E-state index contributed by atoms with van der Waals surface area (Å²) in [6.07, 6.45) is 5.10. The van der Waals surface area contributed by atoms with Crippen molar-refractivity contribution in [3.8, 4) is 5.75 Å². The number of rotatable bonds is 3. The van der Waals surface area contributed by atoms with Crippen LogP contribution in [-0.2, 0) is 11.3 Å². The van der Waals surface area contributed by atoms with Crippen molar-refractivity contribution in [3.63, 3.8) is 0 Å². The summed E-state index contributed by atoms with van der Waals surface area (Å²) < 4.78 is 11.7. The van der Waals surface area contributed by atoms with E-state index in [9.17, 15) is 0 Å². The van der Waals surface area contributed by atoms with Crippen molar-refractivity contribution in [2.45, 2.75) is 19.1 Å². The van der Waals surface area contributed by atoms with E-state index in [1.54, 1.807) is 6.33 Å². The zero-order valence-electron chi connectivity index (χ0n) is 17.6. The van der Waals surface area contributed by atoms with Crippen molar-refractivity contribution >= 4 is 22.9 Å². The van der Waals surface area contributed by atoms with Crippen molar-refractivity contribution < 1.29 is 9.47 Å². The molecule has 6 rings (SSSR count). The number of nitrogens with one attached hydrogen (secondary N) is 2. The fourth-order valence-electron chi connectivity index (χ4n) is 4.73. The van der Waals surface area contributed by atoms with Crippen LogP contribution >= 0.6 is 0 Å². The third-order valence-electron chi connectivity index (χ3n) is 6.73. The van der Waals surface area contributed by atoms with Crippen LogP contribution in [-0.4, -0.2) is 73.4 Å². The van der Waals surface area contributed by atoms with Gasteiger partial charge in [0, 0.05) is 45.3 Å². The Morgan fingerprint density at radius 2 is 1.97 bits per heavy atom. The van der Waals surface area contributed by atoms with Gasteiger partial charge in [0.15, 0.2) is 0 Å². The molecular formula is C23H28N6O2. The van der Waals surface area contributed by atoms with Gasteiger partial charge in [0.2, 0.25) is 0 Å². The maximum Gasteiger partial charge on any atom is 0.143 e. The molecule has 2 aromatic rings. The van der Waals surface area contributed by atoms with Gasteiger partial charge in [-0.25, -0.2) is 9.97 Å². The highest BCUT2D eigenvalue weighted by atomic mass is 16.5. The molecule has 4 aliphatic heterocycles. The van der Waals surface area contributed by atoms with Gasteiger partial charge in [-0.3, -0.25) is 4.90 Å². The summed E-state index contributed by atoms with van der Waals surface area (Å²) in [7, 11) is 0. The number of fused-ring (bicyclic) bond motifs is 2. The number of hydrogen-bond acceptors (Lipinski definition) is 8. The Bertz CT molecular complexity index is 1000. The van der Waals surface area contributed by atoms with E-state index < -0.39 is 0 Å². The lowest BCUT2D eigenvalue weighted by Gasteiger charge is -2.39. The molecule has 2 N–H and O–H groups in total. The molecule has 2 saturated heterocycles.